The molecule has 0 saturated heterocycles. The van der Waals surface area contributed by atoms with E-state index in [0.717, 1.165) is 22.1 Å². The molecule has 0 aliphatic carbocycles. The summed E-state index contributed by atoms with van der Waals surface area (Å²) in [6, 6.07) is 13.7. The zero-order chi connectivity index (χ0) is 13.2. The Hall–Kier alpha value is -2.17. The summed E-state index contributed by atoms with van der Waals surface area (Å²) in [5, 5.41) is 0.967. The normalized spacial score (nSPS) is 12.7. The smallest absolute Gasteiger partial charge is 0.134 e. The minimum atomic E-state index is -0.306. The zero-order valence-electron chi connectivity index (χ0n) is 10.1. The second kappa shape index (κ2) is 4.84. The van der Waals surface area contributed by atoms with Gasteiger partial charge in [0.15, 0.2) is 0 Å². The van der Waals surface area contributed by atoms with Crippen molar-refractivity contribution >= 4 is 11.0 Å². The summed E-state index contributed by atoms with van der Waals surface area (Å²) in [5.41, 5.74) is 5.15. The molecule has 1 unspecified atom stereocenters. The SMILES string of the molecule is NNC(c1cccc(F)c1)c1coc2ccccc12. The quantitative estimate of drug-likeness (QED) is 0.559. The van der Waals surface area contributed by atoms with Crippen LogP contribution in [0.4, 0.5) is 4.39 Å². The van der Waals surface area contributed by atoms with Crippen LogP contribution in [-0.2, 0) is 0 Å². The molecule has 0 aliphatic rings. The van der Waals surface area contributed by atoms with Crippen molar-refractivity contribution in [1.82, 2.24) is 5.43 Å². The van der Waals surface area contributed by atoms with Gasteiger partial charge in [0.1, 0.15) is 11.4 Å². The van der Waals surface area contributed by atoms with Crippen LogP contribution in [0.1, 0.15) is 17.2 Å². The third kappa shape index (κ3) is 2.12. The Kier molecular flexibility index (Phi) is 3.03. The molecule has 0 saturated carbocycles. The molecule has 1 aromatic heterocycles. The van der Waals surface area contributed by atoms with E-state index in [-0.39, 0.29) is 11.9 Å². The lowest BCUT2D eigenvalue weighted by molar-refractivity contribution is 0.580. The van der Waals surface area contributed by atoms with Gasteiger partial charge in [-0.2, -0.15) is 0 Å². The summed E-state index contributed by atoms with van der Waals surface area (Å²) in [6.45, 7) is 0. The lowest BCUT2D eigenvalue weighted by atomic mass is 9.99. The van der Waals surface area contributed by atoms with E-state index in [2.05, 4.69) is 5.43 Å². The summed E-state index contributed by atoms with van der Waals surface area (Å²) in [6.07, 6.45) is 1.65. The maximum Gasteiger partial charge on any atom is 0.134 e. The van der Waals surface area contributed by atoms with Crippen LogP contribution in [0.3, 0.4) is 0 Å². The fourth-order valence-electron chi connectivity index (χ4n) is 2.27. The van der Waals surface area contributed by atoms with Crippen LogP contribution in [0.5, 0.6) is 0 Å². The summed E-state index contributed by atoms with van der Waals surface area (Å²) in [5.74, 6) is 5.34. The number of furan rings is 1. The molecular formula is C15H13FN2O. The monoisotopic (exact) mass is 256 g/mol. The van der Waals surface area contributed by atoms with Crippen molar-refractivity contribution in [3.8, 4) is 0 Å². The van der Waals surface area contributed by atoms with Gasteiger partial charge in [-0.1, -0.05) is 30.3 Å². The molecule has 96 valence electrons. The molecular weight excluding hydrogens is 243 g/mol. The van der Waals surface area contributed by atoms with Crippen LogP contribution >= 0.6 is 0 Å². The van der Waals surface area contributed by atoms with Crippen molar-refractivity contribution in [3.05, 3.63) is 71.7 Å². The third-order valence-electron chi connectivity index (χ3n) is 3.17. The van der Waals surface area contributed by atoms with Crippen LogP contribution in [0.15, 0.2) is 59.2 Å². The highest BCUT2D eigenvalue weighted by Crippen LogP contribution is 2.30. The zero-order valence-corrected chi connectivity index (χ0v) is 10.1. The lowest BCUT2D eigenvalue weighted by Gasteiger charge is -2.15. The summed E-state index contributed by atoms with van der Waals surface area (Å²) in [4.78, 5) is 0. The molecule has 3 aromatic rings. The molecule has 19 heavy (non-hydrogen) atoms. The van der Waals surface area contributed by atoms with Crippen LogP contribution < -0.4 is 11.3 Å². The van der Waals surface area contributed by atoms with Gasteiger partial charge in [0.2, 0.25) is 0 Å². The minimum absolute atomic E-state index is 0.287. The highest BCUT2D eigenvalue weighted by atomic mass is 19.1. The Labute approximate surface area is 109 Å². The highest BCUT2D eigenvalue weighted by Gasteiger charge is 2.18. The van der Waals surface area contributed by atoms with Crippen molar-refractivity contribution in [1.29, 1.82) is 0 Å². The van der Waals surface area contributed by atoms with E-state index in [0.29, 0.717) is 0 Å². The third-order valence-corrected chi connectivity index (χ3v) is 3.17. The highest BCUT2D eigenvalue weighted by molar-refractivity contribution is 5.81. The Morgan fingerprint density at radius 3 is 2.74 bits per heavy atom. The molecule has 3 rings (SSSR count). The van der Waals surface area contributed by atoms with Gasteiger partial charge in [0, 0.05) is 10.9 Å². The van der Waals surface area contributed by atoms with E-state index in [4.69, 9.17) is 10.3 Å². The van der Waals surface area contributed by atoms with Gasteiger partial charge < -0.3 is 4.42 Å². The van der Waals surface area contributed by atoms with Crippen LogP contribution in [0, 0.1) is 5.82 Å². The average Bonchev–Trinajstić information content (AvgIpc) is 2.84. The summed E-state index contributed by atoms with van der Waals surface area (Å²) < 4.78 is 18.8. The van der Waals surface area contributed by atoms with Gasteiger partial charge >= 0.3 is 0 Å². The van der Waals surface area contributed by atoms with Gasteiger partial charge in [0.25, 0.3) is 0 Å². The van der Waals surface area contributed by atoms with Gasteiger partial charge in [-0.3, -0.25) is 5.84 Å². The Balaban J connectivity index is 2.12. The van der Waals surface area contributed by atoms with Crippen molar-refractivity contribution < 1.29 is 8.81 Å². The number of benzene rings is 2. The van der Waals surface area contributed by atoms with E-state index in [1.807, 2.05) is 30.3 Å². The van der Waals surface area contributed by atoms with Crippen LogP contribution in [0.25, 0.3) is 11.0 Å². The first-order valence-corrected chi connectivity index (χ1v) is 5.97. The molecule has 4 heteroatoms. The van der Waals surface area contributed by atoms with Gasteiger partial charge in [-0.25, -0.2) is 9.82 Å². The van der Waals surface area contributed by atoms with E-state index >= 15 is 0 Å². The summed E-state index contributed by atoms with van der Waals surface area (Å²) >= 11 is 0. The molecule has 0 fully saturated rings. The van der Waals surface area contributed by atoms with Crippen molar-refractivity contribution in [2.24, 2.45) is 5.84 Å². The molecule has 1 heterocycles. The molecule has 2 aromatic carbocycles. The lowest BCUT2D eigenvalue weighted by Crippen LogP contribution is -2.28. The van der Waals surface area contributed by atoms with Crippen LogP contribution in [-0.4, -0.2) is 0 Å². The molecule has 0 amide bonds. The fraction of sp³-hybridized carbons (Fsp3) is 0.0667. The molecule has 3 N–H and O–H groups in total. The first-order valence-electron chi connectivity index (χ1n) is 5.97. The average molecular weight is 256 g/mol. The van der Waals surface area contributed by atoms with Crippen molar-refractivity contribution in [2.75, 3.05) is 0 Å². The van der Waals surface area contributed by atoms with Gasteiger partial charge in [-0.15, -0.1) is 0 Å². The van der Waals surface area contributed by atoms with Gasteiger partial charge in [-0.05, 0) is 23.8 Å². The largest absolute Gasteiger partial charge is 0.464 e. The first kappa shape index (κ1) is 11.9. The van der Waals surface area contributed by atoms with E-state index < -0.39 is 0 Å². The number of para-hydroxylation sites is 1. The molecule has 0 aliphatic heterocycles. The maximum absolute atomic E-state index is 13.3. The predicted octanol–water partition coefficient (Wildman–Crippen LogP) is 3.12. The topological polar surface area (TPSA) is 51.2 Å². The number of fused-ring (bicyclic) bond motifs is 1. The second-order valence-electron chi connectivity index (χ2n) is 4.34. The molecule has 0 bridgehead atoms. The number of hydrazine groups is 1. The first-order chi connectivity index (χ1) is 9.29. The molecule has 0 radical (unpaired) electrons. The fourth-order valence-corrected chi connectivity index (χ4v) is 2.27. The Morgan fingerprint density at radius 1 is 1.11 bits per heavy atom. The van der Waals surface area contributed by atoms with Crippen molar-refractivity contribution in [2.45, 2.75) is 6.04 Å². The maximum atomic E-state index is 13.3. The molecule has 0 spiro atoms. The summed E-state index contributed by atoms with van der Waals surface area (Å²) in [7, 11) is 0. The Bertz CT molecular complexity index is 708. The number of nitrogens with two attached hydrogens (primary N) is 1. The van der Waals surface area contributed by atoms with E-state index in [1.165, 1.54) is 12.1 Å². The van der Waals surface area contributed by atoms with Gasteiger partial charge in [0.05, 0.1) is 12.3 Å². The van der Waals surface area contributed by atoms with Crippen molar-refractivity contribution in [3.63, 3.8) is 0 Å². The number of hydrogen-bond donors (Lipinski definition) is 2. The number of hydrogen-bond acceptors (Lipinski definition) is 3. The number of nitrogens with one attached hydrogen (secondary N) is 1. The molecule has 1 atom stereocenters. The van der Waals surface area contributed by atoms with Crippen LogP contribution in [0.2, 0.25) is 0 Å². The predicted molar refractivity (Wildman–Crippen MR) is 71.8 cm³/mol. The van der Waals surface area contributed by atoms with E-state index in [9.17, 15) is 4.39 Å². The minimum Gasteiger partial charge on any atom is -0.464 e. The standard InChI is InChI=1S/C15H13FN2O/c16-11-5-3-4-10(8-11)15(18-17)13-9-19-14-7-2-1-6-12(13)14/h1-9,15,18H,17H2. The Morgan fingerprint density at radius 2 is 1.95 bits per heavy atom. The molecule has 3 nitrogen and oxygen atoms in total. The second-order valence-corrected chi connectivity index (χ2v) is 4.34. The van der Waals surface area contributed by atoms with E-state index in [1.54, 1.807) is 12.3 Å². The number of rotatable bonds is 3. The number of halogens is 1.